The summed E-state index contributed by atoms with van der Waals surface area (Å²) in [6.07, 6.45) is 2.03. The van der Waals surface area contributed by atoms with E-state index in [-0.39, 0.29) is 0 Å². The molecule has 5 nitrogen and oxygen atoms in total. The van der Waals surface area contributed by atoms with Crippen molar-refractivity contribution in [2.45, 2.75) is 20.8 Å². The van der Waals surface area contributed by atoms with Gasteiger partial charge in [-0.3, -0.25) is 0 Å². The number of nitrogens with zero attached hydrogens (tertiary/aromatic N) is 2. The summed E-state index contributed by atoms with van der Waals surface area (Å²) in [6.45, 7) is 6.83. The molecule has 0 aromatic heterocycles. The fraction of sp³-hybridized carbons (Fsp3) is 0.235. The highest BCUT2D eigenvalue weighted by Crippen LogP contribution is 2.31. The lowest BCUT2D eigenvalue weighted by atomic mass is 10.1. The number of hydrogen-bond acceptors (Lipinski definition) is 4. The first kappa shape index (κ1) is 14.3. The van der Waals surface area contributed by atoms with Crippen LogP contribution in [-0.4, -0.2) is 22.3 Å². The zero-order valence-corrected chi connectivity index (χ0v) is 13.0. The van der Waals surface area contributed by atoms with Crippen LogP contribution < -0.4 is 11.1 Å². The molecule has 0 radical (unpaired) electrons. The van der Waals surface area contributed by atoms with Gasteiger partial charge in [0.2, 0.25) is 5.69 Å². The Morgan fingerprint density at radius 3 is 2.82 bits per heavy atom. The molecule has 3 rings (SSSR count). The van der Waals surface area contributed by atoms with Crippen molar-refractivity contribution in [2.75, 3.05) is 12.3 Å². The van der Waals surface area contributed by atoms with Crippen LogP contribution in [0.3, 0.4) is 0 Å². The summed E-state index contributed by atoms with van der Waals surface area (Å²) in [4.78, 5) is 4.60. The highest BCUT2D eigenvalue weighted by molar-refractivity contribution is 5.82. The fourth-order valence-corrected chi connectivity index (χ4v) is 2.60. The molecule has 0 saturated carbocycles. The first-order valence-corrected chi connectivity index (χ1v) is 7.29. The van der Waals surface area contributed by atoms with Crippen LogP contribution in [0.1, 0.15) is 19.4 Å². The molecule has 1 aliphatic carbocycles. The van der Waals surface area contributed by atoms with E-state index < -0.39 is 0 Å². The van der Waals surface area contributed by atoms with Gasteiger partial charge in [-0.2, -0.15) is 0 Å². The minimum Gasteiger partial charge on any atom is -0.452 e. The summed E-state index contributed by atoms with van der Waals surface area (Å²) < 4.78 is 8.14. The van der Waals surface area contributed by atoms with E-state index in [1.807, 2.05) is 38.3 Å². The van der Waals surface area contributed by atoms with Crippen molar-refractivity contribution in [1.29, 1.82) is 5.41 Å². The highest BCUT2D eigenvalue weighted by Gasteiger charge is 2.17. The molecule has 3 N–H and O–H groups in total. The Hall–Kier alpha value is -2.69. The average Bonchev–Trinajstić information content (AvgIpc) is 2.52. The van der Waals surface area contributed by atoms with E-state index in [0.717, 1.165) is 23.3 Å². The van der Waals surface area contributed by atoms with Gasteiger partial charge in [0.15, 0.2) is 11.3 Å². The molecule has 0 fully saturated rings. The molecule has 1 aromatic rings. The van der Waals surface area contributed by atoms with Gasteiger partial charge >= 0.3 is 0 Å². The number of hydrogen-bond donors (Lipinski definition) is 2. The Balaban J connectivity index is 2.35. The van der Waals surface area contributed by atoms with Gasteiger partial charge in [-0.25, -0.2) is 9.56 Å². The van der Waals surface area contributed by atoms with Gasteiger partial charge in [-0.15, -0.1) is 0 Å². The number of nitrogen functional groups attached to an aromatic ring is 1. The van der Waals surface area contributed by atoms with Crippen molar-refractivity contribution in [3.63, 3.8) is 0 Å². The number of fused-ring (bicyclic) bond motifs is 2. The van der Waals surface area contributed by atoms with E-state index in [1.54, 1.807) is 6.07 Å². The average molecular weight is 295 g/mol. The van der Waals surface area contributed by atoms with Gasteiger partial charge in [0, 0.05) is 18.6 Å². The maximum Gasteiger partial charge on any atom is 0.208 e. The predicted molar refractivity (Wildman–Crippen MR) is 87.8 cm³/mol. The summed E-state index contributed by atoms with van der Waals surface area (Å²) in [5, 5.41) is 8.30. The molecular formula is C17H19N4O+. The summed E-state index contributed by atoms with van der Waals surface area (Å²) >= 11 is 0. The highest BCUT2D eigenvalue weighted by atomic mass is 16.3. The van der Waals surface area contributed by atoms with Crippen LogP contribution in [0.2, 0.25) is 0 Å². The lowest BCUT2D eigenvalue weighted by molar-refractivity contribution is -0.431. The zero-order chi connectivity index (χ0) is 15.9. The molecule has 5 heteroatoms. The largest absolute Gasteiger partial charge is 0.452 e. The Kier molecular flexibility index (Phi) is 3.41. The molecule has 2 aliphatic rings. The summed E-state index contributed by atoms with van der Waals surface area (Å²) in [5.74, 6) is 0.582. The monoisotopic (exact) mass is 295 g/mol. The van der Waals surface area contributed by atoms with Gasteiger partial charge in [-0.05, 0) is 26.0 Å². The lowest BCUT2D eigenvalue weighted by Crippen LogP contribution is -2.11. The van der Waals surface area contributed by atoms with Gasteiger partial charge in [-0.1, -0.05) is 0 Å². The normalized spacial score (nSPS) is 12.2. The van der Waals surface area contributed by atoms with Crippen LogP contribution >= 0.6 is 0 Å². The van der Waals surface area contributed by atoms with E-state index in [9.17, 15) is 0 Å². The molecule has 0 amide bonds. The molecule has 0 bridgehead atoms. The SMILES string of the molecule is CC=[N+](CC)c1ccc2nc3c(N)cc(=N)c(C)c-3oc2c1. The van der Waals surface area contributed by atoms with Crippen LogP contribution in [0, 0.1) is 12.3 Å². The number of benzene rings is 2. The van der Waals surface area contributed by atoms with Crippen molar-refractivity contribution in [2.24, 2.45) is 0 Å². The van der Waals surface area contributed by atoms with Crippen LogP contribution in [0.5, 0.6) is 0 Å². The van der Waals surface area contributed by atoms with Gasteiger partial charge in [0.1, 0.15) is 24.0 Å². The fourth-order valence-electron chi connectivity index (χ4n) is 2.60. The van der Waals surface area contributed by atoms with Crippen LogP contribution in [0.15, 0.2) is 28.7 Å². The maximum atomic E-state index is 7.94. The number of nitrogens with two attached hydrogens (primary N) is 1. The second-order valence-corrected chi connectivity index (χ2v) is 5.23. The quantitative estimate of drug-likeness (QED) is 0.330. The Morgan fingerprint density at radius 1 is 1.36 bits per heavy atom. The molecule has 1 aromatic carbocycles. The van der Waals surface area contributed by atoms with Crippen molar-refractivity contribution in [1.82, 2.24) is 4.98 Å². The number of anilines is 1. The van der Waals surface area contributed by atoms with E-state index >= 15 is 0 Å². The first-order chi connectivity index (χ1) is 10.5. The number of rotatable bonds is 2. The topological polar surface area (TPSA) is 78.9 Å². The molecule has 112 valence electrons. The third-order valence-electron chi connectivity index (χ3n) is 3.90. The van der Waals surface area contributed by atoms with Gasteiger partial charge < -0.3 is 15.6 Å². The van der Waals surface area contributed by atoms with E-state index in [4.69, 9.17) is 15.6 Å². The van der Waals surface area contributed by atoms with E-state index in [0.29, 0.717) is 28.1 Å². The predicted octanol–water partition coefficient (Wildman–Crippen LogP) is 3.06. The molecule has 22 heavy (non-hydrogen) atoms. The summed E-state index contributed by atoms with van der Waals surface area (Å²) in [6, 6.07) is 7.54. The Morgan fingerprint density at radius 2 is 2.14 bits per heavy atom. The van der Waals surface area contributed by atoms with Gasteiger partial charge in [0.05, 0.1) is 17.1 Å². The van der Waals surface area contributed by atoms with Crippen molar-refractivity contribution in [3.8, 4) is 11.5 Å². The van der Waals surface area contributed by atoms with E-state index in [2.05, 4.69) is 16.5 Å². The van der Waals surface area contributed by atoms with Crippen LogP contribution in [-0.2, 0) is 0 Å². The molecule has 0 atom stereocenters. The number of aromatic nitrogens is 1. The zero-order valence-electron chi connectivity index (χ0n) is 13.0. The molecule has 0 spiro atoms. The Bertz CT molecular complexity index is 924. The molecule has 1 aliphatic heterocycles. The van der Waals surface area contributed by atoms with Crippen molar-refractivity contribution >= 4 is 28.7 Å². The molecule has 0 unspecified atom stereocenters. The summed E-state index contributed by atoms with van der Waals surface area (Å²) in [5.41, 5.74) is 10.3. The van der Waals surface area contributed by atoms with Crippen molar-refractivity contribution in [3.05, 3.63) is 35.2 Å². The first-order valence-electron chi connectivity index (χ1n) is 7.29. The van der Waals surface area contributed by atoms with Crippen LogP contribution in [0.25, 0.3) is 22.6 Å². The molecular weight excluding hydrogens is 276 g/mol. The standard InChI is InChI=1S/C17H19N4O/c1-4-21(5-2)11-6-7-14-15(8-11)22-17-10(3)12(18)9-13(19)16(17)20-14/h4,6-9,18H,5,19H2,1-3H3/q+1. The molecule has 1 heterocycles. The number of nitrogens with one attached hydrogen (secondary N) is 1. The second-order valence-electron chi connectivity index (χ2n) is 5.23. The maximum absolute atomic E-state index is 7.94. The van der Waals surface area contributed by atoms with Crippen molar-refractivity contribution < 1.29 is 8.99 Å². The second kappa shape index (κ2) is 5.26. The minimum atomic E-state index is 0.364. The van der Waals surface area contributed by atoms with Crippen LogP contribution in [0.4, 0.5) is 11.4 Å². The van der Waals surface area contributed by atoms with Gasteiger partial charge in [0.25, 0.3) is 0 Å². The third kappa shape index (κ3) is 2.15. The smallest absolute Gasteiger partial charge is 0.208 e. The lowest BCUT2D eigenvalue weighted by Gasteiger charge is -2.11. The molecule has 0 saturated heterocycles. The summed E-state index contributed by atoms with van der Waals surface area (Å²) in [7, 11) is 0. The Labute approximate surface area is 128 Å². The third-order valence-corrected chi connectivity index (χ3v) is 3.90. The minimum absolute atomic E-state index is 0.364. The van der Waals surface area contributed by atoms with E-state index in [1.165, 1.54) is 0 Å².